The van der Waals surface area contributed by atoms with E-state index in [0.717, 1.165) is 43.1 Å². The third kappa shape index (κ3) is 5.39. The van der Waals surface area contributed by atoms with E-state index in [9.17, 15) is 13.6 Å². The van der Waals surface area contributed by atoms with E-state index in [1.165, 1.54) is 6.21 Å². The molecule has 3 N–H and O–H groups in total. The molecule has 26 heavy (non-hydrogen) atoms. The van der Waals surface area contributed by atoms with Crippen molar-refractivity contribution in [2.75, 3.05) is 50.0 Å². The van der Waals surface area contributed by atoms with Gasteiger partial charge in [-0.05, 0) is 32.2 Å². The molecule has 0 spiro atoms. The number of carbonyl (C=O) groups excluding carboxylic acids is 1. The number of likely N-dealkylation sites (N-methyl/N-ethyl adjacent to an activating group) is 1. The van der Waals surface area contributed by atoms with Gasteiger partial charge in [0.05, 0.1) is 0 Å². The highest BCUT2D eigenvalue weighted by Gasteiger charge is 2.32. The minimum absolute atomic E-state index is 0.288. The summed E-state index contributed by atoms with van der Waals surface area (Å²) in [7, 11) is 2.10. The molecule has 1 saturated heterocycles. The molecule has 0 aromatic heterocycles. The number of piperazine rings is 1. The summed E-state index contributed by atoms with van der Waals surface area (Å²) in [6.07, 6.45) is 1.27. The molecule has 1 amide bonds. The zero-order chi connectivity index (χ0) is 19.3. The van der Waals surface area contributed by atoms with Crippen molar-refractivity contribution >= 4 is 23.5 Å². The number of nitrogens with one attached hydrogen (secondary N) is 3. The van der Waals surface area contributed by atoms with Gasteiger partial charge in [0.2, 0.25) is 0 Å². The van der Waals surface area contributed by atoms with Gasteiger partial charge in [-0.1, -0.05) is 0 Å². The largest absolute Gasteiger partial charge is 0.382 e. The van der Waals surface area contributed by atoms with Crippen LogP contribution in [0.1, 0.15) is 19.4 Å². The van der Waals surface area contributed by atoms with Gasteiger partial charge in [-0.15, -0.1) is 0 Å². The molecule has 0 bridgehead atoms. The minimum Gasteiger partial charge on any atom is -0.382 e. The number of alkyl halides is 2. The van der Waals surface area contributed by atoms with Crippen LogP contribution in [0, 0.1) is 5.41 Å². The van der Waals surface area contributed by atoms with E-state index in [2.05, 4.69) is 27.5 Å². The van der Waals surface area contributed by atoms with Gasteiger partial charge in [0.1, 0.15) is 0 Å². The number of halogens is 2. The molecule has 1 aliphatic rings. The monoisotopic (exact) mass is 367 g/mol. The molecule has 2 rings (SSSR count). The van der Waals surface area contributed by atoms with Gasteiger partial charge in [-0.3, -0.25) is 4.79 Å². The Bertz CT molecular complexity index is 639. The Labute approximate surface area is 153 Å². The molecule has 0 radical (unpaired) electrons. The van der Waals surface area contributed by atoms with E-state index in [4.69, 9.17) is 5.41 Å². The van der Waals surface area contributed by atoms with E-state index >= 15 is 0 Å². The molecule has 1 aromatic carbocycles. The predicted molar refractivity (Wildman–Crippen MR) is 101 cm³/mol. The lowest BCUT2D eigenvalue weighted by molar-refractivity contribution is -0.143. The summed E-state index contributed by atoms with van der Waals surface area (Å²) in [5, 5.41) is 13.0. The van der Waals surface area contributed by atoms with Crippen molar-refractivity contribution in [3.8, 4) is 0 Å². The maximum absolute atomic E-state index is 12.9. The van der Waals surface area contributed by atoms with Crippen LogP contribution in [0.5, 0.6) is 0 Å². The lowest BCUT2D eigenvalue weighted by Gasteiger charge is -2.34. The van der Waals surface area contributed by atoms with Crippen molar-refractivity contribution in [1.82, 2.24) is 10.2 Å². The predicted octanol–water partition coefficient (Wildman–Crippen LogP) is 2.01. The molecule has 1 aromatic rings. The van der Waals surface area contributed by atoms with E-state index in [0.29, 0.717) is 6.92 Å². The Balaban J connectivity index is 1.97. The zero-order valence-electron chi connectivity index (χ0n) is 15.5. The van der Waals surface area contributed by atoms with Crippen molar-refractivity contribution in [3.63, 3.8) is 0 Å². The molecule has 1 fully saturated rings. The second-order valence-electron chi connectivity index (χ2n) is 6.85. The molecular formula is C18H27F2N5O. The molecule has 1 unspecified atom stereocenters. The summed E-state index contributed by atoms with van der Waals surface area (Å²) < 4.78 is 25.9. The summed E-state index contributed by atoms with van der Waals surface area (Å²) in [6, 6.07) is 5.36. The summed E-state index contributed by atoms with van der Waals surface area (Å²) in [6.45, 7) is 6.39. The SMILES string of the molecule is CC(CNc1ccc(N2CCN(C)CC2)cc1C=N)NC(=O)C(C)(F)F. The van der Waals surface area contributed by atoms with Gasteiger partial charge >= 0.3 is 5.92 Å². The number of rotatable bonds is 7. The lowest BCUT2D eigenvalue weighted by Crippen LogP contribution is -2.45. The molecule has 144 valence electrons. The maximum Gasteiger partial charge on any atom is 0.321 e. The molecule has 0 aliphatic carbocycles. The van der Waals surface area contributed by atoms with Crippen LogP contribution in [-0.2, 0) is 4.79 Å². The Morgan fingerprint density at radius 2 is 2.00 bits per heavy atom. The normalized spacial score (nSPS) is 16.9. The van der Waals surface area contributed by atoms with Gasteiger partial charge in [0, 0.05) is 68.8 Å². The first-order valence-corrected chi connectivity index (χ1v) is 8.71. The van der Waals surface area contributed by atoms with E-state index in [1.807, 2.05) is 18.2 Å². The lowest BCUT2D eigenvalue weighted by atomic mass is 10.1. The number of hydrogen-bond donors (Lipinski definition) is 3. The number of carbonyl (C=O) groups is 1. The average molecular weight is 367 g/mol. The number of hydrogen-bond acceptors (Lipinski definition) is 5. The van der Waals surface area contributed by atoms with Crippen LogP contribution >= 0.6 is 0 Å². The van der Waals surface area contributed by atoms with Crippen molar-refractivity contribution in [2.24, 2.45) is 0 Å². The van der Waals surface area contributed by atoms with E-state index in [1.54, 1.807) is 6.92 Å². The molecule has 1 aliphatic heterocycles. The van der Waals surface area contributed by atoms with Gasteiger partial charge in [0.15, 0.2) is 0 Å². The van der Waals surface area contributed by atoms with Crippen molar-refractivity contribution < 1.29 is 13.6 Å². The Morgan fingerprint density at radius 3 is 2.58 bits per heavy atom. The second kappa shape index (κ2) is 8.44. The molecule has 6 nitrogen and oxygen atoms in total. The summed E-state index contributed by atoms with van der Waals surface area (Å²) in [5.74, 6) is -4.68. The fourth-order valence-corrected chi connectivity index (χ4v) is 2.76. The average Bonchev–Trinajstić information content (AvgIpc) is 2.59. The Morgan fingerprint density at radius 1 is 1.35 bits per heavy atom. The van der Waals surface area contributed by atoms with Crippen LogP contribution in [0.15, 0.2) is 18.2 Å². The summed E-state index contributed by atoms with van der Waals surface area (Å²) >= 11 is 0. The Kier molecular flexibility index (Phi) is 6.52. The van der Waals surface area contributed by atoms with Gasteiger partial charge in [-0.2, -0.15) is 8.78 Å². The highest BCUT2D eigenvalue weighted by atomic mass is 19.3. The quantitative estimate of drug-likeness (QED) is 0.645. The molecule has 0 saturated carbocycles. The molecular weight excluding hydrogens is 340 g/mol. The fraction of sp³-hybridized carbons (Fsp3) is 0.556. The zero-order valence-corrected chi connectivity index (χ0v) is 15.5. The van der Waals surface area contributed by atoms with E-state index < -0.39 is 17.9 Å². The van der Waals surface area contributed by atoms with Gasteiger partial charge in [0.25, 0.3) is 5.91 Å². The van der Waals surface area contributed by atoms with Gasteiger partial charge in [-0.25, -0.2) is 0 Å². The fourth-order valence-electron chi connectivity index (χ4n) is 2.76. The summed E-state index contributed by atoms with van der Waals surface area (Å²) in [5.41, 5.74) is 2.53. The van der Waals surface area contributed by atoms with Crippen LogP contribution in [0.3, 0.4) is 0 Å². The number of amides is 1. The second-order valence-corrected chi connectivity index (χ2v) is 6.85. The first kappa shape index (κ1) is 20.1. The highest BCUT2D eigenvalue weighted by molar-refractivity contribution is 5.88. The molecule has 1 atom stereocenters. The minimum atomic E-state index is -3.39. The van der Waals surface area contributed by atoms with Gasteiger partial charge < -0.3 is 25.8 Å². The van der Waals surface area contributed by atoms with Crippen LogP contribution in [0.4, 0.5) is 20.2 Å². The number of nitrogens with zero attached hydrogens (tertiary/aromatic N) is 2. The molecule has 8 heteroatoms. The standard InChI is InChI=1S/C18H27F2N5O/c1-13(23-17(26)18(2,19)20)12-22-16-5-4-15(10-14(16)11-21)25-8-6-24(3)7-9-25/h4-5,10-11,13,21-22H,6-9,12H2,1-3H3,(H,23,26). The summed E-state index contributed by atoms with van der Waals surface area (Å²) in [4.78, 5) is 15.9. The first-order chi connectivity index (χ1) is 12.2. The third-order valence-corrected chi connectivity index (χ3v) is 4.43. The van der Waals surface area contributed by atoms with Crippen molar-refractivity contribution in [1.29, 1.82) is 5.41 Å². The van der Waals surface area contributed by atoms with Crippen LogP contribution in [-0.4, -0.2) is 68.8 Å². The van der Waals surface area contributed by atoms with Crippen molar-refractivity contribution in [2.45, 2.75) is 25.8 Å². The smallest absolute Gasteiger partial charge is 0.321 e. The highest BCUT2D eigenvalue weighted by Crippen LogP contribution is 2.23. The molecule has 1 heterocycles. The first-order valence-electron chi connectivity index (χ1n) is 8.71. The third-order valence-electron chi connectivity index (χ3n) is 4.43. The van der Waals surface area contributed by atoms with Crippen LogP contribution in [0.2, 0.25) is 0 Å². The van der Waals surface area contributed by atoms with Crippen molar-refractivity contribution in [3.05, 3.63) is 23.8 Å². The van der Waals surface area contributed by atoms with E-state index in [-0.39, 0.29) is 6.54 Å². The number of anilines is 2. The Hall–Kier alpha value is -2.22. The van der Waals surface area contributed by atoms with Crippen LogP contribution in [0.25, 0.3) is 0 Å². The maximum atomic E-state index is 12.9. The van der Waals surface area contributed by atoms with Crippen LogP contribution < -0.4 is 15.5 Å². The number of benzene rings is 1. The topological polar surface area (TPSA) is 71.5 Å².